The van der Waals surface area contributed by atoms with E-state index < -0.39 is 29.0 Å². The zero-order valence-corrected chi connectivity index (χ0v) is 7.92. The lowest BCUT2D eigenvalue weighted by Crippen LogP contribution is -2.17. The summed E-state index contributed by atoms with van der Waals surface area (Å²) >= 11 is 0. The van der Waals surface area contributed by atoms with Crippen molar-refractivity contribution in [3.63, 3.8) is 0 Å². The Labute approximate surface area is 88.4 Å². The first-order valence-electron chi connectivity index (χ1n) is 4.43. The van der Waals surface area contributed by atoms with Gasteiger partial charge in [-0.3, -0.25) is 4.79 Å². The molecule has 2 rings (SSSR count). The number of rotatable bonds is 2. The smallest absolute Gasteiger partial charge is 0.377 e. The van der Waals surface area contributed by atoms with Crippen LogP contribution in [0, 0.1) is 11.6 Å². The molecule has 0 fully saturated rings. The molecule has 0 spiro atoms. The molecule has 0 radical (unpaired) electrons. The minimum Gasteiger partial charge on any atom is -0.493 e. The maximum atomic E-state index is 13.6. The molecule has 1 N–H and O–H groups in total. The number of benzene rings is 1. The summed E-state index contributed by atoms with van der Waals surface area (Å²) in [5.41, 5.74) is -0.984. The molecule has 0 amide bonds. The number of hydrogen-bond donors (Lipinski definition) is 1. The number of carbonyl (C=O) groups is 2. The van der Waals surface area contributed by atoms with Gasteiger partial charge in [-0.05, 0) is 0 Å². The molecule has 1 heterocycles. The van der Waals surface area contributed by atoms with Gasteiger partial charge >= 0.3 is 5.97 Å². The van der Waals surface area contributed by atoms with Crippen LogP contribution in [0.5, 0.6) is 5.75 Å². The Morgan fingerprint density at radius 3 is 2.69 bits per heavy atom. The van der Waals surface area contributed by atoms with Gasteiger partial charge in [0.2, 0.25) is 0 Å². The van der Waals surface area contributed by atoms with E-state index in [1.807, 2.05) is 0 Å². The van der Waals surface area contributed by atoms with Crippen LogP contribution >= 0.6 is 0 Å². The molecule has 1 aromatic carbocycles. The third-order valence-electron chi connectivity index (χ3n) is 2.31. The fraction of sp³-hybridized carbons (Fsp3) is 0.200. The summed E-state index contributed by atoms with van der Waals surface area (Å²) < 4.78 is 31.9. The molecular formula is C10H6F2O4. The zero-order valence-electron chi connectivity index (χ0n) is 7.92. The van der Waals surface area contributed by atoms with Crippen molar-refractivity contribution in [1.82, 2.24) is 0 Å². The SMILES string of the molecule is O=C(O)C(=O)c1c(F)cc2c(c1F)CCO2. The predicted molar refractivity (Wildman–Crippen MR) is 47.5 cm³/mol. The van der Waals surface area contributed by atoms with E-state index in [0.29, 0.717) is 0 Å². The van der Waals surface area contributed by atoms with Crippen LogP contribution in [0.15, 0.2) is 6.07 Å². The van der Waals surface area contributed by atoms with E-state index in [1.54, 1.807) is 0 Å². The number of ether oxygens (including phenoxy) is 1. The average Bonchev–Trinajstić information content (AvgIpc) is 2.65. The van der Waals surface area contributed by atoms with Crippen molar-refractivity contribution in [2.24, 2.45) is 0 Å². The van der Waals surface area contributed by atoms with Crippen molar-refractivity contribution in [3.8, 4) is 5.75 Å². The minimum atomic E-state index is -1.89. The minimum absolute atomic E-state index is 0.0249. The molecule has 1 aromatic rings. The van der Waals surface area contributed by atoms with Gasteiger partial charge in [0.05, 0.1) is 6.61 Å². The van der Waals surface area contributed by atoms with Gasteiger partial charge in [0.25, 0.3) is 5.78 Å². The van der Waals surface area contributed by atoms with Crippen molar-refractivity contribution in [1.29, 1.82) is 0 Å². The van der Waals surface area contributed by atoms with E-state index in [9.17, 15) is 18.4 Å². The molecule has 84 valence electrons. The standard InChI is InChI=1S/C10H6F2O4/c11-5-3-6-4(1-2-16-6)8(12)7(5)9(13)10(14)15/h3H,1-2H2,(H,14,15). The van der Waals surface area contributed by atoms with Crippen molar-refractivity contribution < 1.29 is 28.2 Å². The monoisotopic (exact) mass is 228 g/mol. The number of aliphatic carboxylic acids is 1. The second-order valence-corrected chi connectivity index (χ2v) is 3.26. The molecule has 0 aromatic heterocycles. The summed E-state index contributed by atoms with van der Waals surface area (Å²) in [5, 5.41) is 8.42. The van der Waals surface area contributed by atoms with E-state index in [0.717, 1.165) is 6.07 Å². The highest BCUT2D eigenvalue weighted by Gasteiger charge is 2.29. The van der Waals surface area contributed by atoms with E-state index >= 15 is 0 Å². The van der Waals surface area contributed by atoms with Crippen LogP contribution in [-0.2, 0) is 11.2 Å². The highest BCUT2D eigenvalue weighted by Crippen LogP contribution is 2.31. The Morgan fingerprint density at radius 1 is 1.38 bits per heavy atom. The molecule has 0 bridgehead atoms. The summed E-state index contributed by atoms with van der Waals surface area (Å²) in [6.07, 6.45) is 0.196. The number of Topliss-reactive ketones (excluding diaryl/α,β-unsaturated/α-hetero) is 1. The number of carbonyl (C=O) groups excluding carboxylic acids is 1. The molecule has 0 saturated heterocycles. The van der Waals surface area contributed by atoms with E-state index in [2.05, 4.69) is 0 Å². The highest BCUT2D eigenvalue weighted by atomic mass is 19.1. The molecule has 16 heavy (non-hydrogen) atoms. The number of carboxylic acids is 1. The second kappa shape index (κ2) is 3.55. The van der Waals surface area contributed by atoms with Gasteiger partial charge in [0.1, 0.15) is 22.9 Å². The van der Waals surface area contributed by atoms with Crippen molar-refractivity contribution in [2.45, 2.75) is 6.42 Å². The second-order valence-electron chi connectivity index (χ2n) is 3.26. The molecule has 0 aliphatic carbocycles. The van der Waals surface area contributed by atoms with Crippen LogP contribution in [0.2, 0.25) is 0 Å². The lowest BCUT2D eigenvalue weighted by molar-refractivity contribution is -0.131. The Morgan fingerprint density at radius 2 is 2.06 bits per heavy atom. The zero-order chi connectivity index (χ0) is 11.9. The molecule has 0 atom stereocenters. The van der Waals surface area contributed by atoms with Crippen LogP contribution in [0.3, 0.4) is 0 Å². The fourth-order valence-corrected chi connectivity index (χ4v) is 1.58. The van der Waals surface area contributed by atoms with Gasteiger partial charge in [-0.2, -0.15) is 0 Å². The first-order chi connectivity index (χ1) is 7.52. The Balaban J connectivity index is 2.63. The topological polar surface area (TPSA) is 63.6 Å². The Bertz CT molecular complexity index is 496. The van der Waals surface area contributed by atoms with Crippen LogP contribution in [0.25, 0.3) is 0 Å². The number of hydrogen-bond acceptors (Lipinski definition) is 3. The average molecular weight is 228 g/mol. The molecular weight excluding hydrogens is 222 g/mol. The first kappa shape index (κ1) is 10.5. The van der Waals surface area contributed by atoms with E-state index in [1.165, 1.54) is 0 Å². The van der Waals surface area contributed by atoms with Crippen LogP contribution in [-0.4, -0.2) is 23.5 Å². The van der Waals surface area contributed by atoms with Gasteiger partial charge in [-0.25, -0.2) is 13.6 Å². The lowest BCUT2D eigenvalue weighted by atomic mass is 10.0. The molecule has 1 aliphatic heterocycles. The Kier molecular flexibility index (Phi) is 2.34. The van der Waals surface area contributed by atoms with E-state index in [4.69, 9.17) is 9.84 Å². The lowest BCUT2D eigenvalue weighted by Gasteiger charge is -2.05. The summed E-state index contributed by atoms with van der Waals surface area (Å²) in [6.45, 7) is 0.191. The van der Waals surface area contributed by atoms with Crippen LogP contribution in [0.1, 0.15) is 15.9 Å². The summed E-state index contributed by atoms with van der Waals surface area (Å²) in [7, 11) is 0. The van der Waals surface area contributed by atoms with Gasteiger partial charge in [0, 0.05) is 18.1 Å². The van der Waals surface area contributed by atoms with Gasteiger partial charge in [-0.1, -0.05) is 0 Å². The number of carboxylic acid groups (broad SMARTS) is 1. The molecule has 0 unspecified atom stereocenters. The predicted octanol–water partition coefficient (Wildman–Crippen LogP) is 1.17. The Hall–Kier alpha value is -1.98. The highest BCUT2D eigenvalue weighted by molar-refractivity contribution is 6.40. The van der Waals surface area contributed by atoms with Crippen LogP contribution < -0.4 is 4.74 Å². The maximum absolute atomic E-state index is 13.6. The number of ketones is 1. The number of fused-ring (bicyclic) bond motifs is 1. The largest absolute Gasteiger partial charge is 0.493 e. The number of halogens is 2. The molecule has 4 nitrogen and oxygen atoms in total. The van der Waals surface area contributed by atoms with E-state index in [-0.39, 0.29) is 24.3 Å². The van der Waals surface area contributed by atoms with Gasteiger partial charge < -0.3 is 9.84 Å². The maximum Gasteiger partial charge on any atom is 0.377 e. The molecule has 1 aliphatic rings. The van der Waals surface area contributed by atoms with Gasteiger partial charge in [0.15, 0.2) is 0 Å². The normalized spacial score (nSPS) is 13.1. The third-order valence-corrected chi connectivity index (χ3v) is 2.31. The van der Waals surface area contributed by atoms with Crippen molar-refractivity contribution in [3.05, 3.63) is 28.8 Å². The van der Waals surface area contributed by atoms with Crippen molar-refractivity contribution >= 4 is 11.8 Å². The molecule has 6 heteroatoms. The molecule has 0 saturated carbocycles. The van der Waals surface area contributed by atoms with Crippen LogP contribution in [0.4, 0.5) is 8.78 Å². The van der Waals surface area contributed by atoms with Gasteiger partial charge in [-0.15, -0.1) is 0 Å². The summed E-state index contributed by atoms with van der Waals surface area (Å²) in [6, 6.07) is 0.835. The quantitative estimate of drug-likeness (QED) is 0.609. The third kappa shape index (κ3) is 1.42. The summed E-state index contributed by atoms with van der Waals surface area (Å²) in [5.74, 6) is -5.82. The fourth-order valence-electron chi connectivity index (χ4n) is 1.58. The first-order valence-corrected chi connectivity index (χ1v) is 4.43. The van der Waals surface area contributed by atoms with Crippen molar-refractivity contribution in [2.75, 3.05) is 6.61 Å². The summed E-state index contributed by atoms with van der Waals surface area (Å²) in [4.78, 5) is 21.5.